The first-order chi connectivity index (χ1) is 20.5. The molecule has 0 aliphatic heterocycles. The van der Waals surface area contributed by atoms with Crippen LogP contribution >= 0.6 is 0 Å². The van der Waals surface area contributed by atoms with Gasteiger partial charge in [-0.05, 0) is 74.1 Å². The molecule has 6 nitrogen and oxygen atoms in total. The molecule has 0 aliphatic carbocycles. The molecule has 2 aromatic rings. The Morgan fingerprint density at radius 2 is 0.810 bits per heavy atom. The van der Waals surface area contributed by atoms with Crippen molar-refractivity contribution in [2.75, 3.05) is 39.3 Å². The number of carbonyl (C=O) groups excluding carboxylic acids is 2. The van der Waals surface area contributed by atoms with Gasteiger partial charge in [-0.2, -0.15) is 0 Å². The van der Waals surface area contributed by atoms with Gasteiger partial charge >= 0.3 is 11.9 Å². The summed E-state index contributed by atoms with van der Waals surface area (Å²) in [6.45, 7) is 15.1. The van der Waals surface area contributed by atoms with Crippen molar-refractivity contribution in [3.8, 4) is 11.1 Å². The van der Waals surface area contributed by atoms with Crippen LogP contribution in [-0.4, -0.2) is 61.0 Å². The molecule has 6 heteroatoms. The van der Waals surface area contributed by atoms with E-state index in [0.29, 0.717) is 26.1 Å². The van der Waals surface area contributed by atoms with Crippen LogP contribution in [0, 0.1) is 0 Å². The van der Waals surface area contributed by atoms with E-state index in [9.17, 15) is 9.59 Å². The average molecular weight is 581 g/mol. The van der Waals surface area contributed by atoms with Crippen LogP contribution < -0.4 is 0 Å². The highest BCUT2D eigenvalue weighted by atomic mass is 16.5. The molecule has 0 saturated carbocycles. The van der Waals surface area contributed by atoms with Gasteiger partial charge in [-0.3, -0.25) is 9.59 Å². The molecule has 2 rings (SSSR count). The van der Waals surface area contributed by atoms with Crippen LogP contribution in [0.4, 0.5) is 0 Å². The smallest absolute Gasteiger partial charge is 0.307 e. The molecule has 0 N–H and O–H groups in total. The van der Waals surface area contributed by atoms with Crippen molar-refractivity contribution in [1.82, 2.24) is 9.80 Å². The monoisotopic (exact) mass is 580 g/mol. The Labute approximate surface area is 255 Å². The summed E-state index contributed by atoms with van der Waals surface area (Å²) in [6.07, 6.45) is 10.2. The lowest BCUT2D eigenvalue weighted by atomic mass is 10.0. The Morgan fingerprint density at radius 1 is 0.500 bits per heavy atom. The van der Waals surface area contributed by atoms with Gasteiger partial charge in [0.1, 0.15) is 13.2 Å². The van der Waals surface area contributed by atoms with Crippen molar-refractivity contribution in [2.24, 2.45) is 0 Å². The lowest BCUT2D eigenvalue weighted by molar-refractivity contribution is -0.146. The molecule has 0 amide bonds. The lowest BCUT2D eigenvalue weighted by Gasteiger charge is -2.21. The first kappa shape index (κ1) is 35.5. The van der Waals surface area contributed by atoms with Crippen molar-refractivity contribution < 1.29 is 19.1 Å². The van der Waals surface area contributed by atoms with Crippen LogP contribution in [0.25, 0.3) is 11.1 Å². The normalized spacial score (nSPS) is 11.3. The van der Waals surface area contributed by atoms with Crippen molar-refractivity contribution >= 4 is 11.9 Å². The minimum Gasteiger partial charge on any atom is -0.461 e. The third kappa shape index (κ3) is 15.0. The largest absolute Gasteiger partial charge is 0.461 e. The molecule has 0 bridgehead atoms. The molecule has 234 valence electrons. The topological polar surface area (TPSA) is 59.1 Å². The second-order valence-electron chi connectivity index (χ2n) is 11.3. The fourth-order valence-corrected chi connectivity index (χ4v) is 4.76. The highest BCUT2D eigenvalue weighted by molar-refractivity contribution is 5.70. The third-order valence-corrected chi connectivity index (χ3v) is 7.62. The van der Waals surface area contributed by atoms with Gasteiger partial charge in [0, 0.05) is 13.1 Å². The molecule has 42 heavy (non-hydrogen) atoms. The van der Waals surface area contributed by atoms with E-state index in [1.54, 1.807) is 0 Å². The van der Waals surface area contributed by atoms with Gasteiger partial charge < -0.3 is 19.3 Å². The number of esters is 2. The molecule has 0 unspecified atom stereocenters. The van der Waals surface area contributed by atoms with Crippen LogP contribution in [-0.2, 0) is 32.3 Å². The standard InChI is InChI=1S/C36H56N2O4/c1-5-9-23-37(24-10-6-2)27-21-35(39)41-29-31-13-17-33(18-14-31)34-19-15-32(16-20-34)30-42-36(40)22-28-38(25-11-7-3)26-12-8-4/h13-20H,5-12,21-30H2,1-4H3. The van der Waals surface area contributed by atoms with E-state index in [1.165, 1.54) is 51.4 Å². The fraction of sp³-hybridized carbons (Fsp3) is 0.611. The van der Waals surface area contributed by atoms with E-state index in [1.807, 2.05) is 24.3 Å². The Morgan fingerprint density at radius 3 is 1.10 bits per heavy atom. The molecule has 0 saturated heterocycles. The minimum atomic E-state index is -0.140. The van der Waals surface area contributed by atoms with Crippen LogP contribution in [0.2, 0.25) is 0 Å². The number of rotatable bonds is 23. The van der Waals surface area contributed by atoms with E-state index in [4.69, 9.17) is 9.47 Å². The molecule has 0 radical (unpaired) electrons. The summed E-state index contributed by atoms with van der Waals surface area (Å²) >= 11 is 0. The lowest BCUT2D eigenvalue weighted by Crippen LogP contribution is -2.29. The summed E-state index contributed by atoms with van der Waals surface area (Å²) in [7, 11) is 0. The van der Waals surface area contributed by atoms with Gasteiger partial charge in [-0.25, -0.2) is 0 Å². The molecule has 0 heterocycles. The summed E-state index contributed by atoms with van der Waals surface area (Å²) in [5.74, 6) is -0.280. The predicted molar refractivity (Wildman–Crippen MR) is 173 cm³/mol. The minimum absolute atomic E-state index is 0.140. The van der Waals surface area contributed by atoms with Crippen molar-refractivity contribution in [2.45, 2.75) is 105 Å². The molecule has 0 aliphatic rings. The van der Waals surface area contributed by atoms with Crippen LogP contribution in [0.5, 0.6) is 0 Å². The van der Waals surface area contributed by atoms with Crippen LogP contribution in [0.3, 0.4) is 0 Å². The second-order valence-corrected chi connectivity index (χ2v) is 11.3. The van der Waals surface area contributed by atoms with Gasteiger partial charge in [-0.15, -0.1) is 0 Å². The zero-order valence-electron chi connectivity index (χ0n) is 26.9. The maximum atomic E-state index is 12.3. The molecular weight excluding hydrogens is 524 g/mol. The number of benzene rings is 2. The quantitative estimate of drug-likeness (QED) is 0.124. The van der Waals surface area contributed by atoms with Crippen LogP contribution in [0.15, 0.2) is 48.5 Å². The van der Waals surface area contributed by atoms with E-state index in [2.05, 4.69) is 61.8 Å². The number of carbonyl (C=O) groups is 2. The number of unbranched alkanes of at least 4 members (excludes halogenated alkanes) is 4. The van der Waals surface area contributed by atoms with Gasteiger partial charge in [-0.1, -0.05) is 102 Å². The second kappa shape index (κ2) is 21.9. The van der Waals surface area contributed by atoms with Crippen molar-refractivity contribution in [3.63, 3.8) is 0 Å². The molecule has 0 fully saturated rings. The Bertz CT molecular complexity index is 893. The van der Waals surface area contributed by atoms with E-state index in [-0.39, 0.29) is 11.9 Å². The Hall–Kier alpha value is -2.70. The summed E-state index contributed by atoms with van der Waals surface area (Å²) in [4.78, 5) is 29.5. The molecule has 0 spiro atoms. The number of hydrogen-bond donors (Lipinski definition) is 0. The summed E-state index contributed by atoms with van der Waals surface area (Å²) in [6, 6.07) is 16.3. The number of ether oxygens (including phenoxy) is 2. The summed E-state index contributed by atoms with van der Waals surface area (Å²) < 4.78 is 11.1. The third-order valence-electron chi connectivity index (χ3n) is 7.62. The van der Waals surface area contributed by atoms with Crippen LogP contribution in [0.1, 0.15) is 103 Å². The zero-order valence-corrected chi connectivity index (χ0v) is 26.9. The number of hydrogen-bond acceptors (Lipinski definition) is 6. The van der Waals surface area contributed by atoms with Gasteiger partial charge in [0.15, 0.2) is 0 Å². The summed E-state index contributed by atoms with van der Waals surface area (Å²) in [5.41, 5.74) is 4.14. The Kier molecular flexibility index (Phi) is 18.5. The van der Waals surface area contributed by atoms with Gasteiger partial charge in [0.2, 0.25) is 0 Å². The summed E-state index contributed by atoms with van der Waals surface area (Å²) in [5, 5.41) is 0. The first-order valence-corrected chi connectivity index (χ1v) is 16.4. The zero-order chi connectivity index (χ0) is 30.4. The molecule has 0 aromatic heterocycles. The van der Waals surface area contributed by atoms with Crippen molar-refractivity contribution in [3.05, 3.63) is 59.7 Å². The van der Waals surface area contributed by atoms with E-state index >= 15 is 0 Å². The molecule has 2 aromatic carbocycles. The first-order valence-electron chi connectivity index (χ1n) is 16.4. The molecular formula is C36H56N2O4. The SMILES string of the molecule is CCCCN(CCCC)CCC(=O)OCc1ccc(-c2ccc(COC(=O)CCN(CCCC)CCCC)cc2)cc1. The van der Waals surface area contributed by atoms with E-state index < -0.39 is 0 Å². The van der Waals surface area contributed by atoms with Gasteiger partial charge in [0.05, 0.1) is 12.8 Å². The fourth-order valence-electron chi connectivity index (χ4n) is 4.76. The highest BCUT2D eigenvalue weighted by Gasteiger charge is 2.11. The maximum absolute atomic E-state index is 12.3. The Balaban J connectivity index is 1.75. The van der Waals surface area contributed by atoms with E-state index in [0.717, 1.165) is 61.5 Å². The predicted octanol–water partition coefficient (Wildman–Crippen LogP) is 8.02. The maximum Gasteiger partial charge on any atom is 0.307 e. The van der Waals surface area contributed by atoms with Crippen molar-refractivity contribution in [1.29, 1.82) is 0 Å². The molecule has 0 atom stereocenters. The average Bonchev–Trinajstić information content (AvgIpc) is 3.02. The number of nitrogens with zero attached hydrogens (tertiary/aromatic N) is 2. The highest BCUT2D eigenvalue weighted by Crippen LogP contribution is 2.21. The van der Waals surface area contributed by atoms with Gasteiger partial charge in [0.25, 0.3) is 0 Å².